The first-order chi connectivity index (χ1) is 14.6. The van der Waals surface area contributed by atoms with Crippen LogP contribution in [0.4, 0.5) is 5.69 Å². The van der Waals surface area contributed by atoms with E-state index in [4.69, 9.17) is 4.74 Å². The number of benzene rings is 1. The number of carbonyl (C=O) groups excluding carboxylic acids is 2. The van der Waals surface area contributed by atoms with Crippen LogP contribution in [-0.2, 0) is 20.7 Å². The maximum Gasteiger partial charge on any atom is 0.309 e. The molecule has 2 saturated heterocycles. The maximum atomic E-state index is 12.4. The number of nitrogens with zero attached hydrogens (tertiary/aromatic N) is 2. The fourth-order valence-electron chi connectivity index (χ4n) is 4.89. The van der Waals surface area contributed by atoms with Gasteiger partial charge >= 0.3 is 11.8 Å². The van der Waals surface area contributed by atoms with Crippen LogP contribution in [0.3, 0.4) is 0 Å². The van der Waals surface area contributed by atoms with Gasteiger partial charge in [0.15, 0.2) is 0 Å². The van der Waals surface area contributed by atoms with Crippen molar-refractivity contribution in [2.24, 2.45) is 0 Å². The summed E-state index contributed by atoms with van der Waals surface area (Å²) in [4.78, 5) is 29.3. The summed E-state index contributed by atoms with van der Waals surface area (Å²) in [6.45, 7) is 4.74. The van der Waals surface area contributed by atoms with Crippen LogP contribution in [0.1, 0.15) is 49.3 Å². The lowest BCUT2D eigenvalue weighted by Crippen LogP contribution is -2.45. The lowest BCUT2D eigenvalue weighted by molar-refractivity contribution is -0.139. The molecule has 2 fully saturated rings. The van der Waals surface area contributed by atoms with Crippen LogP contribution in [-0.4, -0.2) is 69.2 Å². The van der Waals surface area contributed by atoms with Gasteiger partial charge in [-0.2, -0.15) is 0 Å². The minimum absolute atomic E-state index is 0.0349. The van der Waals surface area contributed by atoms with Gasteiger partial charge in [-0.1, -0.05) is 12.1 Å². The number of hydrogen-bond donors (Lipinski definition) is 2. The molecule has 164 valence electrons. The molecule has 0 spiro atoms. The van der Waals surface area contributed by atoms with E-state index in [0.717, 1.165) is 45.5 Å². The Bertz CT molecular complexity index is 757. The number of rotatable bonds is 6. The lowest BCUT2D eigenvalue weighted by atomic mass is 9.96. The number of likely N-dealkylation sites (tertiary alicyclic amines) is 1. The van der Waals surface area contributed by atoms with E-state index in [1.807, 2.05) is 0 Å². The second kappa shape index (κ2) is 9.79. The summed E-state index contributed by atoms with van der Waals surface area (Å²) in [7, 11) is 2.14. The fraction of sp³-hybridized carbons (Fsp3) is 0.652. The SMILES string of the molecule is CN1CCCc2cc([C@@H](CNC(=O)C(=O)NC[C@@H]3CCCO3)N3CCCC3)ccc21. The lowest BCUT2D eigenvalue weighted by Gasteiger charge is -2.31. The van der Waals surface area contributed by atoms with Crippen molar-refractivity contribution < 1.29 is 14.3 Å². The van der Waals surface area contributed by atoms with Gasteiger partial charge in [-0.3, -0.25) is 14.5 Å². The quantitative estimate of drug-likeness (QED) is 0.692. The third-order valence-electron chi connectivity index (χ3n) is 6.60. The summed E-state index contributed by atoms with van der Waals surface area (Å²) >= 11 is 0. The Morgan fingerprint density at radius 3 is 2.67 bits per heavy atom. The highest BCUT2D eigenvalue weighted by Gasteiger charge is 2.27. The average molecular weight is 415 g/mol. The van der Waals surface area contributed by atoms with Crippen molar-refractivity contribution in [3.05, 3.63) is 29.3 Å². The van der Waals surface area contributed by atoms with Gasteiger partial charge in [0.2, 0.25) is 0 Å². The van der Waals surface area contributed by atoms with Gasteiger partial charge in [-0.05, 0) is 68.8 Å². The molecule has 1 aromatic carbocycles. The van der Waals surface area contributed by atoms with Crippen molar-refractivity contribution in [1.29, 1.82) is 0 Å². The molecule has 7 nitrogen and oxygen atoms in total. The van der Waals surface area contributed by atoms with Gasteiger partial charge in [0, 0.05) is 39.0 Å². The molecule has 1 aromatic rings. The van der Waals surface area contributed by atoms with Crippen LogP contribution in [0, 0.1) is 0 Å². The van der Waals surface area contributed by atoms with Gasteiger partial charge in [0.1, 0.15) is 0 Å². The number of ether oxygens (including phenoxy) is 1. The summed E-state index contributed by atoms with van der Waals surface area (Å²) in [5.41, 5.74) is 3.92. The average Bonchev–Trinajstić information content (AvgIpc) is 3.46. The number of nitrogens with one attached hydrogen (secondary N) is 2. The van der Waals surface area contributed by atoms with Crippen molar-refractivity contribution >= 4 is 17.5 Å². The van der Waals surface area contributed by atoms with Crippen LogP contribution in [0.2, 0.25) is 0 Å². The molecule has 0 aliphatic carbocycles. The van der Waals surface area contributed by atoms with Gasteiger partial charge in [0.05, 0.1) is 12.1 Å². The number of carbonyl (C=O) groups is 2. The molecule has 2 N–H and O–H groups in total. The number of fused-ring (bicyclic) bond motifs is 1. The molecule has 3 heterocycles. The van der Waals surface area contributed by atoms with Crippen molar-refractivity contribution in [3.8, 4) is 0 Å². The molecule has 4 rings (SSSR count). The van der Waals surface area contributed by atoms with Gasteiger partial charge in [-0.25, -0.2) is 0 Å². The van der Waals surface area contributed by atoms with Crippen LogP contribution in [0.25, 0.3) is 0 Å². The van der Waals surface area contributed by atoms with Gasteiger partial charge < -0.3 is 20.3 Å². The molecule has 2 atom stereocenters. The smallest absolute Gasteiger partial charge is 0.309 e. The molecular weight excluding hydrogens is 380 g/mol. The summed E-state index contributed by atoms with van der Waals surface area (Å²) in [5, 5.41) is 5.59. The Balaban J connectivity index is 1.39. The third kappa shape index (κ3) is 4.95. The predicted molar refractivity (Wildman–Crippen MR) is 117 cm³/mol. The van der Waals surface area contributed by atoms with Crippen molar-refractivity contribution in [2.75, 3.05) is 51.3 Å². The van der Waals surface area contributed by atoms with Crippen molar-refractivity contribution in [2.45, 2.75) is 50.7 Å². The zero-order valence-electron chi connectivity index (χ0n) is 18.0. The van der Waals surface area contributed by atoms with E-state index in [9.17, 15) is 9.59 Å². The molecule has 7 heteroatoms. The van der Waals surface area contributed by atoms with E-state index in [2.05, 4.69) is 45.7 Å². The minimum Gasteiger partial charge on any atom is -0.376 e. The molecule has 0 radical (unpaired) electrons. The zero-order chi connectivity index (χ0) is 20.9. The molecular formula is C23H34N4O3. The summed E-state index contributed by atoms with van der Waals surface area (Å²) < 4.78 is 5.50. The molecule has 0 unspecified atom stereocenters. The maximum absolute atomic E-state index is 12.4. The molecule has 3 aliphatic heterocycles. The van der Waals surface area contributed by atoms with E-state index in [0.29, 0.717) is 13.1 Å². The highest BCUT2D eigenvalue weighted by atomic mass is 16.5. The van der Waals surface area contributed by atoms with Gasteiger partial charge in [0.25, 0.3) is 0 Å². The summed E-state index contributed by atoms with van der Waals surface area (Å²) in [6.07, 6.45) is 6.61. The molecule has 2 amide bonds. The largest absolute Gasteiger partial charge is 0.376 e. The molecule has 0 aromatic heterocycles. The normalized spacial score (nSPS) is 22.6. The second-order valence-corrected chi connectivity index (χ2v) is 8.73. The topological polar surface area (TPSA) is 73.9 Å². The zero-order valence-corrected chi connectivity index (χ0v) is 18.0. The minimum atomic E-state index is -0.572. The van der Waals surface area contributed by atoms with Crippen molar-refractivity contribution in [3.63, 3.8) is 0 Å². The Morgan fingerprint density at radius 2 is 1.90 bits per heavy atom. The molecule has 0 bridgehead atoms. The second-order valence-electron chi connectivity index (χ2n) is 8.73. The fourth-order valence-corrected chi connectivity index (χ4v) is 4.89. The van der Waals surface area contributed by atoms with E-state index >= 15 is 0 Å². The van der Waals surface area contributed by atoms with Crippen molar-refractivity contribution in [1.82, 2.24) is 15.5 Å². The third-order valence-corrected chi connectivity index (χ3v) is 6.60. The highest BCUT2D eigenvalue weighted by molar-refractivity contribution is 6.35. The number of hydrogen-bond acceptors (Lipinski definition) is 5. The van der Waals surface area contributed by atoms with E-state index in [1.54, 1.807) is 0 Å². The number of amides is 2. The number of anilines is 1. The first kappa shape index (κ1) is 21.1. The summed E-state index contributed by atoms with van der Waals surface area (Å²) in [5.74, 6) is -1.13. The van der Waals surface area contributed by atoms with Crippen LogP contribution < -0.4 is 15.5 Å². The Labute approximate surface area is 179 Å². The molecule has 30 heavy (non-hydrogen) atoms. The van der Waals surface area contributed by atoms with Crippen LogP contribution in [0.15, 0.2) is 18.2 Å². The van der Waals surface area contributed by atoms with Crippen LogP contribution in [0.5, 0.6) is 0 Å². The Kier molecular flexibility index (Phi) is 6.89. The first-order valence-electron chi connectivity index (χ1n) is 11.4. The predicted octanol–water partition coefficient (Wildman–Crippen LogP) is 1.62. The molecule has 0 saturated carbocycles. The summed E-state index contributed by atoms with van der Waals surface area (Å²) in [6, 6.07) is 6.80. The highest BCUT2D eigenvalue weighted by Crippen LogP contribution is 2.31. The van der Waals surface area contributed by atoms with Gasteiger partial charge in [-0.15, -0.1) is 0 Å². The Morgan fingerprint density at radius 1 is 1.10 bits per heavy atom. The molecule has 3 aliphatic rings. The van der Waals surface area contributed by atoms with E-state index < -0.39 is 11.8 Å². The monoisotopic (exact) mass is 414 g/mol. The standard InChI is InChI=1S/C23H34N4O3/c1-26-10-4-6-17-14-18(8-9-20(17)26)21(27-11-2-3-12-27)16-25-23(29)22(28)24-15-19-7-5-13-30-19/h8-9,14,19,21H,2-7,10-13,15-16H2,1H3,(H,24,28)(H,25,29)/t19-,21+/m0/s1. The van der Waals surface area contributed by atoms with Crippen LogP contribution >= 0.6 is 0 Å². The van der Waals surface area contributed by atoms with E-state index in [1.165, 1.54) is 36.1 Å². The first-order valence-corrected chi connectivity index (χ1v) is 11.4. The Hall–Kier alpha value is -2.12. The van der Waals surface area contributed by atoms with E-state index in [-0.39, 0.29) is 12.1 Å². The number of aryl methyl sites for hydroxylation is 1.